The fourth-order valence-corrected chi connectivity index (χ4v) is 3.75. The van der Waals surface area contributed by atoms with Gasteiger partial charge >= 0.3 is 0 Å². The molecule has 0 amide bonds. The quantitative estimate of drug-likeness (QED) is 0.648. The van der Waals surface area contributed by atoms with E-state index in [1.807, 2.05) is 6.07 Å². The van der Waals surface area contributed by atoms with E-state index in [2.05, 4.69) is 63.0 Å². The van der Waals surface area contributed by atoms with Gasteiger partial charge in [-0.15, -0.1) is 0 Å². The molecule has 1 atom stereocenters. The second-order valence-electron chi connectivity index (χ2n) is 7.31. The number of rotatable bonds is 8. The van der Waals surface area contributed by atoms with Crippen LogP contribution >= 0.6 is 0 Å². The lowest BCUT2D eigenvalue weighted by molar-refractivity contribution is 0.193. The van der Waals surface area contributed by atoms with Crippen molar-refractivity contribution in [1.29, 1.82) is 0 Å². The van der Waals surface area contributed by atoms with Crippen molar-refractivity contribution in [3.63, 3.8) is 0 Å². The molecule has 28 heavy (non-hydrogen) atoms. The van der Waals surface area contributed by atoms with E-state index in [-0.39, 0.29) is 0 Å². The van der Waals surface area contributed by atoms with Gasteiger partial charge in [0.1, 0.15) is 18.0 Å². The number of anilines is 1. The van der Waals surface area contributed by atoms with Crippen LogP contribution in [0, 0.1) is 0 Å². The van der Waals surface area contributed by atoms with Gasteiger partial charge < -0.3 is 14.6 Å². The number of nitrogens with zero attached hydrogens (tertiary/aromatic N) is 5. The molecule has 0 saturated carbocycles. The number of aryl methyl sites for hydroxylation is 1. The number of ether oxygens (including phenoxy) is 1. The highest BCUT2D eigenvalue weighted by Gasteiger charge is 2.19. The van der Waals surface area contributed by atoms with E-state index >= 15 is 0 Å². The average Bonchev–Trinajstić information content (AvgIpc) is 3.36. The molecule has 0 spiro atoms. The Bertz CT molecular complexity index is 918. The number of aromatic nitrogens is 4. The molecule has 7 heteroatoms. The summed E-state index contributed by atoms with van der Waals surface area (Å²) in [5.74, 6) is 2.39. The van der Waals surface area contributed by atoms with Gasteiger partial charge in [-0.05, 0) is 32.5 Å². The molecule has 1 saturated heterocycles. The smallest absolute Gasteiger partial charge is 0.129 e. The number of nitrogens with one attached hydrogen (secondary N) is 1. The second-order valence-corrected chi connectivity index (χ2v) is 7.31. The number of hydrogen-bond acceptors (Lipinski definition) is 6. The SMILES string of the molecule is CCn1c(CN(C)CCNc2cc(C3CCOC3)ncn2)nc2ccccc21. The van der Waals surface area contributed by atoms with Crippen LogP contribution < -0.4 is 5.32 Å². The zero-order valence-corrected chi connectivity index (χ0v) is 16.6. The van der Waals surface area contributed by atoms with Crippen molar-refractivity contribution < 1.29 is 4.74 Å². The molecule has 3 aromatic rings. The van der Waals surface area contributed by atoms with Gasteiger partial charge in [0.15, 0.2) is 0 Å². The Morgan fingerprint density at radius 3 is 3.00 bits per heavy atom. The zero-order valence-electron chi connectivity index (χ0n) is 16.6. The van der Waals surface area contributed by atoms with E-state index in [0.717, 1.165) is 68.7 Å². The molecule has 148 valence electrons. The van der Waals surface area contributed by atoms with Crippen LogP contribution in [0.3, 0.4) is 0 Å². The zero-order chi connectivity index (χ0) is 19.3. The molecule has 4 rings (SSSR count). The lowest BCUT2D eigenvalue weighted by Crippen LogP contribution is -2.26. The maximum absolute atomic E-state index is 5.47. The van der Waals surface area contributed by atoms with Gasteiger partial charge in [0.05, 0.1) is 29.9 Å². The maximum atomic E-state index is 5.47. The van der Waals surface area contributed by atoms with Crippen LogP contribution in [0.15, 0.2) is 36.7 Å². The molecular weight excluding hydrogens is 352 g/mol. The summed E-state index contributed by atoms with van der Waals surface area (Å²) < 4.78 is 7.76. The highest BCUT2D eigenvalue weighted by molar-refractivity contribution is 5.75. The first kappa shape index (κ1) is 18.8. The molecule has 1 fully saturated rings. The Morgan fingerprint density at radius 1 is 1.29 bits per heavy atom. The number of hydrogen-bond donors (Lipinski definition) is 1. The summed E-state index contributed by atoms with van der Waals surface area (Å²) in [4.78, 5) is 15.9. The highest BCUT2D eigenvalue weighted by Crippen LogP contribution is 2.24. The van der Waals surface area contributed by atoms with Crippen LogP contribution in [0.25, 0.3) is 11.0 Å². The van der Waals surface area contributed by atoms with Crippen molar-refractivity contribution >= 4 is 16.9 Å². The van der Waals surface area contributed by atoms with Gasteiger partial charge in [-0.1, -0.05) is 12.1 Å². The van der Waals surface area contributed by atoms with Crippen molar-refractivity contribution in [2.75, 3.05) is 38.7 Å². The minimum absolute atomic E-state index is 0.397. The number of likely N-dealkylation sites (N-methyl/N-ethyl adjacent to an activating group) is 1. The number of fused-ring (bicyclic) bond motifs is 1. The maximum Gasteiger partial charge on any atom is 0.129 e. The Morgan fingerprint density at radius 2 is 2.18 bits per heavy atom. The van der Waals surface area contributed by atoms with Crippen LogP contribution in [-0.4, -0.2) is 57.8 Å². The predicted octanol–water partition coefficient (Wildman–Crippen LogP) is 2.89. The normalized spacial score (nSPS) is 16.9. The van der Waals surface area contributed by atoms with Crippen LogP contribution in [0.2, 0.25) is 0 Å². The third-order valence-corrected chi connectivity index (χ3v) is 5.30. The van der Waals surface area contributed by atoms with Crippen LogP contribution in [0.1, 0.15) is 30.8 Å². The molecule has 0 radical (unpaired) electrons. The molecular formula is C21H28N6O. The van der Waals surface area contributed by atoms with Crippen LogP contribution in [-0.2, 0) is 17.8 Å². The van der Waals surface area contributed by atoms with Crippen LogP contribution in [0.5, 0.6) is 0 Å². The third-order valence-electron chi connectivity index (χ3n) is 5.30. The molecule has 1 aliphatic rings. The summed E-state index contributed by atoms with van der Waals surface area (Å²) in [5.41, 5.74) is 3.34. The second kappa shape index (κ2) is 8.67. The van der Waals surface area contributed by atoms with Gasteiger partial charge in [0, 0.05) is 38.2 Å². The van der Waals surface area contributed by atoms with Crippen LogP contribution in [0.4, 0.5) is 5.82 Å². The molecule has 1 aliphatic heterocycles. The minimum atomic E-state index is 0.397. The van der Waals surface area contributed by atoms with Gasteiger partial charge in [0.2, 0.25) is 0 Å². The summed E-state index contributed by atoms with van der Waals surface area (Å²) in [7, 11) is 2.13. The molecule has 0 aliphatic carbocycles. The van der Waals surface area contributed by atoms with Crippen molar-refractivity contribution in [2.45, 2.75) is 32.4 Å². The van der Waals surface area contributed by atoms with Gasteiger partial charge in [-0.2, -0.15) is 0 Å². The minimum Gasteiger partial charge on any atom is -0.381 e. The molecule has 7 nitrogen and oxygen atoms in total. The first-order valence-electron chi connectivity index (χ1n) is 10.0. The van der Waals surface area contributed by atoms with E-state index in [1.54, 1.807) is 6.33 Å². The molecule has 1 unspecified atom stereocenters. The fraction of sp³-hybridized carbons (Fsp3) is 0.476. The molecule has 0 bridgehead atoms. The monoisotopic (exact) mass is 380 g/mol. The van der Waals surface area contributed by atoms with E-state index in [1.165, 1.54) is 5.52 Å². The van der Waals surface area contributed by atoms with Crippen molar-refractivity contribution in [2.24, 2.45) is 0 Å². The average molecular weight is 380 g/mol. The molecule has 1 aromatic carbocycles. The lowest BCUT2D eigenvalue weighted by Gasteiger charge is -2.18. The van der Waals surface area contributed by atoms with Crippen molar-refractivity contribution in [3.8, 4) is 0 Å². The Hall–Kier alpha value is -2.51. The Balaban J connectivity index is 1.33. The van der Waals surface area contributed by atoms with E-state index in [4.69, 9.17) is 9.72 Å². The van der Waals surface area contributed by atoms with Gasteiger partial charge in [-0.3, -0.25) is 4.90 Å². The molecule has 1 N–H and O–H groups in total. The summed E-state index contributed by atoms with van der Waals surface area (Å²) in [5, 5.41) is 3.42. The topological polar surface area (TPSA) is 68.1 Å². The Kier molecular flexibility index (Phi) is 5.83. The highest BCUT2D eigenvalue weighted by atomic mass is 16.5. The first-order valence-corrected chi connectivity index (χ1v) is 10.0. The number of para-hydroxylation sites is 2. The summed E-state index contributed by atoms with van der Waals surface area (Å²) >= 11 is 0. The van der Waals surface area contributed by atoms with E-state index < -0.39 is 0 Å². The fourth-order valence-electron chi connectivity index (χ4n) is 3.75. The number of benzene rings is 1. The summed E-state index contributed by atoms with van der Waals surface area (Å²) in [6.07, 6.45) is 2.68. The third kappa shape index (κ3) is 4.15. The van der Waals surface area contributed by atoms with Gasteiger partial charge in [-0.25, -0.2) is 15.0 Å². The largest absolute Gasteiger partial charge is 0.381 e. The van der Waals surface area contributed by atoms with E-state index in [9.17, 15) is 0 Å². The van der Waals surface area contributed by atoms with Gasteiger partial charge in [0.25, 0.3) is 0 Å². The predicted molar refractivity (Wildman–Crippen MR) is 110 cm³/mol. The lowest BCUT2D eigenvalue weighted by atomic mass is 10.1. The summed E-state index contributed by atoms with van der Waals surface area (Å²) in [6, 6.07) is 10.4. The first-order chi connectivity index (χ1) is 13.7. The molecule has 3 heterocycles. The van der Waals surface area contributed by atoms with Crippen molar-refractivity contribution in [1.82, 2.24) is 24.4 Å². The molecule has 2 aromatic heterocycles. The Labute approximate surface area is 165 Å². The number of imidazole rings is 1. The summed E-state index contributed by atoms with van der Waals surface area (Å²) in [6.45, 7) is 7.22. The van der Waals surface area contributed by atoms with E-state index in [0.29, 0.717) is 5.92 Å². The van der Waals surface area contributed by atoms with Crippen molar-refractivity contribution in [3.05, 3.63) is 48.2 Å². The standard InChI is InChI=1S/C21H28N6O/c1-3-27-19-7-5-4-6-17(19)25-21(27)13-26(2)10-9-22-20-12-18(23-15-24-20)16-8-11-28-14-16/h4-7,12,15-16H,3,8-11,13-14H2,1-2H3,(H,22,23,24).